The fourth-order valence-electron chi connectivity index (χ4n) is 12.5. The van der Waals surface area contributed by atoms with Crippen LogP contribution in [0.2, 0.25) is 5.02 Å². The van der Waals surface area contributed by atoms with E-state index in [0.717, 1.165) is 10.8 Å². The molecule has 7 rings (SSSR count). The van der Waals surface area contributed by atoms with Crippen LogP contribution in [0, 0.1) is 5.92 Å². The molecule has 0 bridgehead atoms. The number of fused-ring (bicyclic) bond motifs is 1. The van der Waals surface area contributed by atoms with Crippen LogP contribution in [-0.4, -0.2) is 205 Å². The van der Waals surface area contributed by atoms with Crippen LogP contribution < -0.4 is 64.2 Å². The maximum absolute atomic E-state index is 15.1. The van der Waals surface area contributed by atoms with Crippen molar-refractivity contribution in [2.75, 3.05) is 32.8 Å². The summed E-state index contributed by atoms with van der Waals surface area (Å²) in [4.78, 5) is 200. The first-order valence-corrected chi connectivity index (χ1v) is 37.6. The molecule has 111 heavy (non-hydrogen) atoms. The van der Waals surface area contributed by atoms with Crippen molar-refractivity contribution >= 4 is 99.2 Å². The van der Waals surface area contributed by atoms with Gasteiger partial charge in [0.05, 0.1) is 12.8 Å². The van der Waals surface area contributed by atoms with E-state index in [1.807, 2.05) is 42.5 Å². The summed E-state index contributed by atoms with van der Waals surface area (Å²) >= 11 is 6.26. The average molecular weight is 1550 g/mol. The molecule has 15 N–H and O–H groups in total. The van der Waals surface area contributed by atoms with Crippen LogP contribution >= 0.6 is 11.6 Å². The number of halogens is 1. The van der Waals surface area contributed by atoms with Crippen molar-refractivity contribution in [1.82, 2.24) is 83.3 Å². The largest absolute Gasteiger partial charge is 0.480 e. The number of nitrogens with two attached hydrogens (primary N) is 1. The van der Waals surface area contributed by atoms with Gasteiger partial charge >= 0.3 is 5.97 Å². The van der Waals surface area contributed by atoms with Gasteiger partial charge in [0.2, 0.25) is 59.1 Å². The molecule has 4 heterocycles. The highest BCUT2D eigenvalue weighted by molar-refractivity contribution is 6.30. The third-order valence-electron chi connectivity index (χ3n) is 18.4. The number of carboxylic acids is 1. The number of amides is 12. The number of aliphatic hydroxyl groups excluding tert-OH is 1. The molecule has 0 spiro atoms. The molecule has 32 nitrogen and oxygen atoms in total. The maximum atomic E-state index is 15.1. The number of unbranched alkanes of at least 4 members (excludes halogenated alkanes) is 3. The summed E-state index contributed by atoms with van der Waals surface area (Å²) < 4.78 is 0. The molecule has 33 heteroatoms. The lowest BCUT2D eigenvalue weighted by molar-refractivity contribution is -0.144. The first-order valence-electron chi connectivity index (χ1n) is 37.2. The number of aliphatic hydroxyl groups is 1. The molecule has 0 radical (unpaired) electrons. The second kappa shape index (κ2) is 44.9. The number of carbonyl (C=O) groups excluding carboxylic acids is 12. The van der Waals surface area contributed by atoms with Crippen LogP contribution in [0.3, 0.4) is 0 Å². The first-order chi connectivity index (χ1) is 53.3. The predicted molar refractivity (Wildman–Crippen MR) is 410 cm³/mol. The molecule has 3 aromatic heterocycles. The van der Waals surface area contributed by atoms with Crippen molar-refractivity contribution in [2.24, 2.45) is 11.7 Å². The van der Waals surface area contributed by atoms with Crippen molar-refractivity contribution in [1.29, 1.82) is 0 Å². The Labute approximate surface area is 648 Å². The quantitative estimate of drug-likeness (QED) is 0.0243. The zero-order valence-electron chi connectivity index (χ0n) is 62.6. The van der Waals surface area contributed by atoms with E-state index in [0.29, 0.717) is 41.0 Å². The molecule has 10 atom stereocenters. The summed E-state index contributed by atoms with van der Waals surface area (Å²) in [5, 5.41) is 52.4. The van der Waals surface area contributed by atoms with Gasteiger partial charge in [0, 0.05) is 81.8 Å². The predicted octanol–water partition coefficient (Wildman–Crippen LogP) is 1.95. The Morgan fingerprint density at radius 2 is 1.02 bits per heavy atom. The van der Waals surface area contributed by atoms with Crippen LogP contribution in [0.25, 0.3) is 10.8 Å². The van der Waals surface area contributed by atoms with Gasteiger partial charge in [0.25, 0.3) is 11.8 Å². The van der Waals surface area contributed by atoms with Crippen LogP contribution in [0.4, 0.5) is 0 Å². The third kappa shape index (κ3) is 28.5. The van der Waals surface area contributed by atoms with Gasteiger partial charge in [0.15, 0.2) is 0 Å². The van der Waals surface area contributed by atoms with Crippen molar-refractivity contribution in [3.05, 3.63) is 167 Å². The monoisotopic (exact) mass is 1550 g/mol. The highest BCUT2D eigenvalue weighted by atomic mass is 35.5. The summed E-state index contributed by atoms with van der Waals surface area (Å²) in [6.07, 6.45) is 9.91. The van der Waals surface area contributed by atoms with E-state index in [1.54, 1.807) is 62.4 Å². The highest BCUT2D eigenvalue weighted by Crippen LogP contribution is 2.23. The molecular weight excluding hydrogens is 1450 g/mol. The van der Waals surface area contributed by atoms with E-state index in [9.17, 15) is 63.0 Å². The minimum Gasteiger partial charge on any atom is -0.480 e. The van der Waals surface area contributed by atoms with E-state index in [-0.39, 0.29) is 121 Å². The van der Waals surface area contributed by atoms with E-state index in [2.05, 4.69) is 78.4 Å². The number of carbonyl (C=O) groups is 13. The summed E-state index contributed by atoms with van der Waals surface area (Å²) in [5.74, 6) is -10.8. The number of nitrogens with one attached hydrogen (secondary N) is 11. The Balaban J connectivity index is 1.15. The van der Waals surface area contributed by atoms with Crippen molar-refractivity contribution in [2.45, 2.75) is 184 Å². The second-order valence-corrected chi connectivity index (χ2v) is 28.1. The summed E-state index contributed by atoms with van der Waals surface area (Å²) in [7, 11) is 0. The van der Waals surface area contributed by atoms with Gasteiger partial charge in [-0.15, -0.1) is 0 Å². The minimum atomic E-state index is -1.85. The van der Waals surface area contributed by atoms with Crippen LogP contribution in [0.1, 0.15) is 142 Å². The van der Waals surface area contributed by atoms with Crippen molar-refractivity contribution in [3.63, 3.8) is 0 Å². The Bertz CT molecular complexity index is 4130. The number of aliphatic carboxylic acids is 1. The van der Waals surface area contributed by atoms with Gasteiger partial charge in [-0.25, -0.2) is 4.98 Å². The van der Waals surface area contributed by atoms with Crippen molar-refractivity contribution in [3.8, 4) is 0 Å². The van der Waals surface area contributed by atoms with Gasteiger partial charge in [-0.05, 0) is 154 Å². The number of rotatable bonds is 44. The van der Waals surface area contributed by atoms with Gasteiger partial charge in [0.1, 0.15) is 71.8 Å². The second-order valence-electron chi connectivity index (χ2n) is 27.6. The Kier molecular flexibility index (Phi) is 35.2. The zero-order chi connectivity index (χ0) is 80.4. The molecule has 1 aliphatic rings. The van der Waals surface area contributed by atoms with E-state index in [4.69, 9.17) is 17.3 Å². The number of nitrogens with zero attached hydrogens (tertiary/aromatic N) is 5. The standard InChI is InChI=1S/C78H100ClN17O15/c1-47(2)39-60(71(103)91-59(23-7-11-31-80)77(109)96-38-16-24-66(96)76(108)87-48(3)78(110)111)92-70(102)58(22-9-13-34-85-67(99)56-20-8-12-33-83-56)89-69(101)57(21-10-14-35-86-68(100)64-45-82-36-37-84-64)90-75(107)65(46-97)95-74(106)63(43-52-17-15-32-81-44-52)94-73(105)62(41-50-26-29-55(79)30-27-50)93-72(104)61(88-49(4)98)42-51-25-28-53-18-5-6-19-54(53)40-51/h5-6,8,12,15,17-20,25-30,32-33,36-37,40,44-45,47-48,57-63,65-66,97H,7,9-11,13-14,16,21-24,31,34-35,38-39,41-43,46,80H2,1-4H3,(H,85,99)(H,86,100)(H,87,108)(H,88,98)(H,89,101)(H,90,107)(H,91,103)(H,92,102)(H,93,104)(H,94,105)(H,95,106)(H,110,111)/t48-,57-,58-,59-,60-,61-,62-,63-,65-,66+/m0/s1. The number of likely N-dealkylation sites (tertiary alicyclic amines) is 1. The lowest BCUT2D eigenvalue weighted by Gasteiger charge is -2.31. The average Bonchev–Trinajstić information content (AvgIpc) is 1.69. The number of hydrogen-bond acceptors (Lipinski definition) is 19. The summed E-state index contributed by atoms with van der Waals surface area (Å²) in [6, 6.07) is 13.7. The topological polar surface area (TPSA) is 476 Å². The number of aromatic nitrogens is 4. The number of pyridine rings is 2. The Morgan fingerprint density at radius 3 is 1.59 bits per heavy atom. The molecule has 594 valence electrons. The Morgan fingerprint density at radius 1 is 0.505 bits per heavy atom. The SMILES string of the molecule is CC(=O)N[C@@H](Cc1ccc2ccccc2c1)C(=O)N[C@@H](Cc1ccc(Cl)cc1)C(=O)N[C@@H](Cc1cccnc1)C(=O)N[C@@H](CO)C(=O)N[C@@H](CCCCNC(=O)c1cnccn1)C(=O)N[C@@H](CCCCNC(=O)c1ccccn1)C(=O)N[C@@H](CC(C)C)C(=O)N[C@@H](CCCCN)C(=O)N1CCC[C@@H]1C(=O)N[C@@H](C)C(=O)O. The smallest absolute Gasteiger partial charge is 0.325 e. The molecule has 1 fully saturated rings. The summed E-state index contributed by atoms with van der Waals surface area (Å²) in [5.41, 5.74) is 7.69. The molecular formula is C78H100ClN17O15. The molecule has 12 amide bonds. The lowest BCUT2D eigenvalue weighted by Crippen LogP contribution is -2.61. The number of benzene rings is 3. The van der Waals surface area contributed by atoms with Crippen molar-refractivity contribution < 1.29 is 72.5 Å². The first kappa shape index (κ1) is 86.9. The van der Waals surface area contributed by atoms with Gasteiger partial charge < -0.3 is 79.3 Å². The zero-order valence-corrected chi connectivity index (χ0v) is 63.3. The summed E-state index contributed by atoms with van der Waals surface area (Å²) in [6.45, 7) is 5.56. The fourth-order valence-corrected chi connectivity index (χ4v) is 12.6. The maximum Gasteiger partial charge on any atom is 0.325 e. The fraction of sp³-hybridized carbons (Fsp3) is 0.449. The van der Waals surface area contributed by atoms with E-state index >= 15 is 9.59 Å². The molecule has 1 saturated heterocycles. The highest BCUT2D eigenvalue weighted by Gasteiger charge is 2.40. The molecule has 0 aliphatic carbocycles. The molecule has 0 unspecified atom stereocenters. The molecule has 3 aromatic carbocycles. The van der Waals surface area contributed by atoms with Crippen LogP contribution in [-0.2, 0) is 72.0 Å². The number of carboxylic acid groups (broad SMARTS) is 1. The van der Waals surface area contributed by atoms with Gasteiger partial charge in [-0.1, -0.05) is 92.2 Å². The normalized spacial score (nSPS) is 14.9. The Hall–Kier alpha value is -11.4. The van der Waals surface area contributed by atoms with Crippen LogP contribution in [0.15, 0.2) is 134 Å². The molecule has 0 saturated carbocycles. The van der Waals surface area contributed by atoms with Crippen LogP contribution in [0.5, 0.6) is 0 Å². The molecule has 6 aromatic rings. The van der Waals surface area contributed by atoms with E-state index < -0.39 is 144 Å². The molecule has 1 aliphatic heterocycles. The van der Waals surface area contributed by atoms with Gasteiger partial charge in [-0.2, -0.15) is 0 Å². The number of hydrogen-bond donors (Lipinski definition) is 14. The third-order valence-corrected chi connectivity index (χ3v) is 18.6. The van der Waals surface area contributed by atoms with E-state index in [1.165, 1.54) is 62.0 Å². The minimum absolute atomic E-state index is 0.00463. The lowest BCUT2D eigenvalue weighted by atomic mass is 9.99. The van der Waals surface area contributed by atoms with Gasteiger partial charge in [-0.3, -0.25) is 77.3 Å².